The minimum Gasteiger partial charge on any atom is -0.0622 e. The summed E-state index contributed by atoms with van der Waals surface area (Å²) in [6, 6.07) is 18.3. The van der Waals surface area contributed by atoms with Crippen molar-refractivity contribution in [1.82, 2.24) is 0 Å². The third-order valence-corrected chi connectivity index (χ3v) is 2.32. The van der Waals surface area contributed by atoms with Gasteiger partial charge in [0.15, 0.2) is 0 Å². The normalized spacial score (nSPS) is 9.53. The van der Waals surface area contributed by atoms with E-state index in [1.165, 1.54) is 11.1 Å². The van der Waals surface area contributed by atoms with Crippen LogP contribution in [0.15, 0.2) is 54.6 Å². The summed E-state index contributed by atoms with van der Waals surface area (Å²) in [5.74, 6) is 2.40. The molecule has 0 aromatic heterocycles. The van der Waals surface area contributed by atoms with Gasteiger partial charge in [0.1, 0.15) is 0 Å². The molecule has 0 N–H and O–H groups in total. The molecule has 0 fully saturated rings. The number of hydrogen-bond donors (Lipinski definition) is 0. The first-order chi connectivity index (χ1) is 7.38. The van der Waals surface area contributed by atoms with Crippen LogP contribution in [0.4, 0.5) is 0 Å². The molecule has 0 atom stereocenters. The Bertz CT molecular complexity index is 475. The Hall–Kier alpha value is -2.00. The van der Waals surface area contributed by atoms with Gasteiger partial charge in [-0.1, -0.05) is 48.4 Å². The first kappa shape index (κ1) is 9.55. The molecule has 2 rings (SSSR count). The zero-order valence-electron chi connectivity index (χ0n) is 8.40. The highest BCUT2D eigenvalue weighted by Gasteiger charge is 1.96. The lowest BCUT2D eigenvalue weighted by molar-refractivity contribution is 1.19. The lowest BCUT2D eigenvalue weighted by atomic mass is 10.0. The fourth-order valence-corrected chi connectivity index (χ4v) is 1.59. The average molecular weight is 191 g/mol. The van der Waals surface area contributed by atoms with E-state index in [9.17, 15) is 0 Å². The maximum absolute atomic E-state index is 7.07. The van der Waals surface area contributed by atoms with Crippen LogP contribution >= 0.6 is 0 Å². The Labute approximate surface area is 90.6 Å². The summed E-state index contributed by atoms with van der Waals surface area (Å²) in [4.78, 5) is 0. The van der Waals surface area contributed by atoms with Crippen LogP contribution in [0.3, 0.4) is 0 Å². The lowest BCUT2D eigenvalue weighted by Gasteiger charge is -2.01. The molecule has 2 aromatic rings. The molecule has 0 heteroatoms. The smallest absolute Gasteiger partial charge is 0.0258 e. The summed E-state index contributed by atoms with van der Waals surface area (Å²) in [5.41, 5.74) is 3.35. The van der Waals surface area contributed by atoms with Gasteiger partial charge in [-0.2, -0.15) is 0 Å². The molecule has 1 radical (unpaired) electrons. The average Bonchev–Trinajstić information content (AvgIpc) is 2.31. The van der Waals surface area contributed by atoms with E-state index in [-0.39, 0.29) is 0 Å². The maximum Gasteiger partial charge on any atom is 0.0258 e. The van der Waals surface area contributed by atoms with Gasteiger partial charge >= 0.3 is 0 Å². The molecule has 0 heterocycles. The minimum absolute atomic E-state index is 0.837. The third-order valence-electron chi connectivity index (χ3n) is 2.32. The van der Waals surface area contributed by atoms with Gasteiger partial charge in [0.2, 0.25) is 0 Å². The first-order valence-electron chi connectivity index (χ1n) is 4.94. The van der Waals surface area contributed by atoms with Gasteiger partial charge in [-0.3, -0.25) is 0 Å². The van der Waals surface area contributed by atoms with Crippen LogP contribution in [0.2, 0.25) is 0 Å². The summed E-state index contributed by atoms with van der Waals surface area (Å²) in [6.45, 7) is 0. The van der Waals surface area contributed by atoms with E-state index in [1.54, 1.807) is 0 Å². The van der Waals surface area contributed by atoms with Gasteiger partial charge < -0.3 is 0 Å². The number of hydrogen-bond acceptors (Lipinski definition) is 0. The molecule has 0 aliphatic heterocycles. The Morgan fingerprint density at radius 3 is 2.33 bits per heavy atom. The van der Waals surface area contributed by atoms with Crippen molar-refractivity contribution >= 4 is 0 Å². The highest BCUT2D eigenvalue weighted by atomic mass is 14.0. The van der Waals surface area contributed by atoms with E-state index in [4.69, 9.17) is 6.42 Å². The van der Waals surface area contributed by atoms with Gasteiger partial charge in [0, 0.05) is 5.56 Å². The van der Waals surface area contributed by atoms with Gasteiger partial charge in [-0.05, 0) is 36.1 Å². The van der Waals surface area contributed by atoms with Crippen LogP contribution < -0.4 is 0 Å². The largest absolute Gasteiger partial charge is 0.0622 e. The van der Waals surface area contributed by atoms with Crippen molar-refractivity contribution in [3.63, 3.8) is 0 Å². The maximum atomic E-state index is 7.07. The number of rotatable bonds is 2. The quantitative estimate of drug-likeness (QED) is 0.639. The summed E-state index contributed by atoms with van der Waals surface area (Å²) < 4.78 is 0. The molecule has 2 aromatic carbocycles. The van der Waals surface area contributed by atoms with Crippen LogP contribution in [0.5, 0.6) is 0 Å². The Balaban J connectivity index is 2.22. The molecule has 0 nitrogen and oxygen atoms in total. The molecule has 0 unspecified atom stereocenters. The van der Waals surface area contributed by atoms with Gasteiger partial charge in [-0.25, -0.2) is 0 Å². The minimum atomic E-state index is 0.837. The van der Waals surface area contributed by atoms with Gasteiger partial charge in [0.05, 0.1) is 0 Å². The summed E-state index contributed by atoms with van der Waals surface area (Å²) in [7, 11) is 0. The van der Waals surface area contributed by atoms with Crippen molar-refractivity contribution in [3.8, 4) is 5.92 Å². The fraction of sp³-hybridized carbons (Fsp3) is 0.0667. The van der Waals surface area contributed by atoms with E-state index in [1.807, 2.05) is 36.4 Å². The van der Waals surface area contributed by atoms with Crippen molar-refractivity contribution in [2.24, 2.45) is 0 Å². The highest BCUT2D eigenvalue weighted by molar-refractivity contribution is 5.36. The van der Waals surface area contributed by atoms with E-state index in [0.717, 1.165) is 12.0 Å². The summed E-state index contributed by atoms with van der Waals surface area (Å²) in [6.07, 6.45) is 7.98. The van der Waals surface area contributed by atoms with Crippen molar-refractivity contribution in [3.05, 3.63) is 77.7 Å². The van der Waals surface area contributed by atoms with Crippen molar-refractivity contribution < 1.29 is 0 Å². The molecular formula is C15H11. The molecule has 0 aliphatic rings. The predicted molar refractivity (Wildman–Crippen MR) is 61.9 cm³/mol. The fourth-order valence-electron chi connectivity index (χ4n) is 1.59. The van der Waals surface area contributed by atoms with Crippen molar-refractivity contribution in [1.29, 1.82) is 0 Å². The van der Waals surface area contributed by atoms with Gasteiger partial charge in [0.25, 0.3) is 0 Å². The number of benzene rings is 2. The molecule has 0 amide bonds. The topological polar surface area (TPSA) is 0 Å². The standard InChI is InChI=1S/C15H11/c1-2-13-9-6-10-15(11-13)12-14-7-4-3-5-8-14/h3-11H,12H2. The van der Waals surface area contributed by atoms with Crippen LogP contribution in [0, 0.1) is 12.3 Å². The van der Waals surface area contributed by atoms with Crippen LogP contribution in [-0.4, -0.2) is 0 Å². The van der Waals surface area contributed by atoms with Crippen LogP contribution in [0.1, 0.15) is 16.7 Å². The third kappa shape index (κ3) is 2.48. The molecule has 0 saturated heterocycles. The zero-order chi connectivity index (χ0) is 10.5. The monoisotopic (exact) mass is 191 g/mol. The van der Waals surface area contributed by atoms with Crippen molar-refractivity contribution in [2.75, 3.05) is 0 Å². The summed E-state index contributed by atoms with van der Waals surface area (Å²) >= 11 is 0. The first-order valence-corrected chi connectivity index (χ1v) is 4.94. The Morgan fingerprint density at radius 2 is 1.60 bits per heavy atom. The van der Waals surface area contributed by atoms with E-state index in [2.05, 4.69) is 24.1 Å². The van der Waals surface area contributed by atoms with Gasteiger partial charge in [-0.15, -0.1) is 0 Å². The SMILES string of the molecule is [C]#Cc1cccc(Cc2ccccc2)c1. The lowest BCUT2D eigenvalue weighted by Crippen LogP contribution is -1.88. The van der Waals surface area contributed by atoms with E-state index in [0.29, 0.717) is 0 Å². The molecule has 71 valence electrons. The molecule has 0 aliphatic carbocycles. The molecule has 0 saturated carbocycles. The van der Waals surface area contributed by atoms with E-state index < -0.39 is 0 Å². The Kier molecular flexibility index (Phi) is 2.85. The van der Waals surface area contributed by atoms with Crippen LogP contribution in [-0.2, 0) is 6.42 Å². The zero-order valence-corrected chi connectivity index (χ0v) is 8.40. The van der Waals surface area contributed by atoms with Crippen molar-refractivity contribution in [2.45, 2.75) is 6.42 Å². The van der Waals surface area contributed by atoms with E-state index >= 15 is 0 Å². The second-order valence-corrected chi connectivity index (χ2v) is 3.49. The Morgan fingerprint density at radius 1 is 0.867 bits per heavy atom. The molecular weight excluding hydrogens is 180 g/mol. The van der Waals surface area contributed by atoms with Crippen LogP contribution in [0.25, 0.3) is 0 Å². The second-order valence-electron chi connectivity index (χ2n) is 3.49. The predicted octanol–water partition coefficient (Wildman–Crippen LogP) is 3.22. The second kappa shape index (κ2) is 4.48. The highest BCUT2D eigenvalue weighted by Crippen LogP contribution is 2.10. The molecule has 0 bridgehead atoms. The summed E-state index contributed by atoms with van der Waals surface area (Å²) in [5, 5.41) is 0. The molecule has 0 spiro atoms. The molecule has 15 heavy (non-hydrogen) atoms.